The van der Waals surface area contributed by atoms with Crippen LogP contribution in [0.2, 0.25) is 0 Å². The number of hydrogen-bond donors (Lipinski definition) is 2. The van der Waals surface area contributed by atoms with Crippen LogP contribution in [0.5, 0.6) is 0 Å². The summed E-state index contributed by atoms with van der Waals surface area (Å²) in [4.78, 5) is 12.8. The van der Waals surface area contributed by atoms with Gasteiger partial charge in [0.2, 0.25) is 5.91 Å². The SMILES string of the molecule is CCCC(CCC)(C(=O)NC1CCC1)C(N)=S. The topological polar surface area (TPSA) is 55.1 Å². The summed E-state index contributed by atoms with van der Waals surface area (Å²) in [5.41, 5.74) is 5.23. The Balaban J connectivity index is 2.77. The molecule has 4 heteroatoms. The summed E-state index contributed by atoms with van der Waals surface area (Å²) < 4.78 is 0. The maximum atomic E-state index is 12.4. The predicted molar refractivity (Wildman–Crippen MR) is 74.8 cm³/mol. The lowest BCUT2D eigenvalue weighted by atomic mass is 9.77. The number of amides is 1. The van der Waals surface area contributed by atoms with Gasteiger partial charge in [0.05, 0.1) is 10.4 Å². The van der Waals surface area contributed by atoms with Crippen molar-refractivity contribution in [3.63, 3.8) is 0 Å². The lowest BCUT2D eigenvalue weighted by Crippen LogP contribution is -2.53. The van der Waals surface area contributed by atoms with Crippen molar-refractivity contribution in [2.75, 3.05) is 0 Å². The van der Waals surface area contributed by atoms with E-state index in [1.807, 2.05) is 0 Å². The smallest absolute Gasteiger partial charge is 0.233 e. The van der Waals surface area contributed by atoms with Gasteiger partial charge < -0.3 is 11.1 Å². The van der Waals surface area contributed by atoms with E-state index in [1.165, 1.54) is 6.42 Å². The molecule has 0 unspecified atom stereocenters. The third-order valence-electron chi connectivity index (χ3n) is 3.70. The third-order valence-corrected chi connectivity index (χ3v) is 4.09. The standard InChI is InChI=1S/C13H24N2OS/c1-3-8-13(9-4-2,11(14)17)12(16)15-10-6-5-7-10/h10H,3-9H2,1-2H3,(H2,14,17)(H,15,16). The molecule has 1 saturated carbocycles. The summed E-state index contributed by atoms with van der Waals surface area (Å²) in [5, 5.41) is 3.10. The van der Waals surface area contributed by atoms with Crippen LogP contribution < -0.4 is 11.1 Å². The zero-order chi connectivity index (χ0) is 12.9. The van der Waals surface area contributed by atoms with Gasteiger partial charge in [-0.15, -0.1) is 0 Å². The van der Waals surface area contributed by atoms with Crippen LogP contribution in [-0.2, 0) is 4.79 Å². The highest BCUT2D eigenvalue weighted by molar-refractivity contribution is 7.80. The molecule has 0 atom stereocenters. The maximum absolute atomic E-state index is 12.4. The summed E-state index contributed by atoms with van der Waals surface area (Å²) in [7, 11) is 0. The Bertz CT molecular complexity index is 281. The highest BCUT2D eigenvalue weighted by Crippen LogP contribution is 2.32. The van der Waals surface area contributed by atoms with Crippen molar-refractivity contribution in [2.45, 2.75) is 64.8 Å². The van der Waals surface area contributed by atoms with Crippen LogP contribution >= 0.6 is 12.2 Å². The summed E-state index contributed by atoms with van der Waals surface area (Å²) in [6, 6.07) is 0.352. The lowest BCUT2D eigenvalue weighted by molar-refractivity contribution is -0.129. The van der Waals surface area contributed by atoms with Gasteiger partial charge in [-0.3, -0.25) is 4.79 Å². The Morgan fingerprint density at radius 3 is 2.18 bits per heavy atom. The van der Waals surface area contributed by atoms with Gasteiger partial charge in [-0.25, -0.2) is 0 Å². The third kappa shape index (κ3) is 3.18. The second-order valence-electron chi connectivity index (χ2n) is 5.05. The molecule has 1 aliphatic rings. The predicted octanol–water partition coefficient (Wildman–Crippen LogP) is 2.53. The molecule has 0 aromatic rings. The monoisotopic (exact) mass is 256 g/mol. The van der Waals surface area contributed by atoms with Crippen LogP contribution in [0.3, 0.4) is 0 Å². The molecule has 3 N–H and O–H groups in total. The molecule has 0 aromatic carbocycles. The number of thiocarbonyl (C=S) groups is 1. The molecule has 98 valence electrons. The summed E-state index contributed by atoms with van der Waals surface area (Å²) >= 11 is 5.16. The first-order valence-electron chi connectivity index (χ1n) is 6.67. The lowest BCUT2D eigenvalue weighted by Gasteiger charge is -2.35. The van der Waals surface area contributed by atoms with E-state index in [9.17, 15) is 4.79 Å². The Hall–Kier alpha value is -0.640. The number of carbonyl (C=O) groups excluding carboxylic acids is 1. The molecule has 0 aromatic heterocycles. The molecular formula is C13H24N2OS. The van der Waals surface area contributed by atoms with Crippen molar-refractivity contribution in [1.82, 2.24) is 5.32 Å². The van der Waals surface area contributed by atoms with Gasteiger partial charge >= 0.3 is 0 Å². The summed E-state index contributed by atoms with van der Waals surface area (Å²) in [6.45, 7) is 4.14. The number of carbonyl (C=O) groups is 1. The number of rotatable bonds is 7. The highest BCUT2D eigenvalue weighted by Gasteiger charge is 2.40. The van der Waals surface area contributed by atoms with E-state index in [1.54, 1.807) is 0 Å². The van der Waals surface area contributed by atoms with Crippen LogP contribution in [0.15, 0.2) is 0 Å². The Labute approximate surface area is 110 Å². The summed E-state index contributed by atoms with van der Waals surface area (Å²) in [6.07, 6.45) is 6.77. The molecule has 1 amide bonds. The van der Waals surface area contributed by atoms with Crippen molar-refractivity contribution in [1.29, 1.82) is 0 Å². The first-order valence-corrected chi connectivity index (χ1v) is 7.08. The van der Waals surface area contributed by atoms with Crippen molar-refractivity contribution in [2.24, 2.45) is 11.1 Å². The fourth-order valence-electron chi connectivity index (χ4n) is 2.44. The average Bonchev–Trinajstić information content (AvgIpc) is 2.22. The fraction of sp³-hybridized carbons (Fsp3) is 0.846. The number of nitrogens with one attached hydrogen (secondary N) is 1. The van der Waals surface area contributed by atoms with Crippen molar-refractivity contribution in [3.05, 3.63) is 0 Å². The second-order valence-corrected chi connectivity index (χ2v) is 5.49. The zero-order valence-corrected chi connectivity index (χ0v) is 11.7. The molecule has 0 radical (unpaired) electrons. The van der Waals surface area contributed by atoms with Crippen molar-refractivity contribution < 1.29 is 4.79 Å². The van der Waals surface area contributed by atoms with Gasteiger partial charge in [-0.05, 0) is 32.1 Å². The van der Waals surface area contributed by atoms with Crippen molar-refractivity contribution in [3.8, 4) is 0 Å². The second kappa shape index (κ2) is 6.34. The van der Waals surface area contributed by atoms with E-state index in [2.05, 4.69) is 19.2 Å². The molecular weight excluding hydrogens is 232 g/mol. The summed E-state index contributed by atoms with van der Waals surface area (Å²) in [5.74, 6) is 0.0541. The van der Waals surface area contributed by atoms with Gasteiger partial charge in [0, 0.05) is 6.04 Å². The van der Waals surface area contributed by atoms with Gasteiger partial charge in [0.15, 0.2) is 0 Å². The van der Waals surface area contributed by atoms with Crippen molar-refractivity contribution >= 4 is 23.1 Å². The Morgan fingerprint density at radius 1 is 1.35 bits per heavy atom. The van der Waals surface area contributed by atoms with E-state index >= 15 is 0 Å². The Morgan fingerprint density at radius 2 is 1.88 bits per heavy atom. The first-order chi connectivity index (χ1) is 8.06. The minimum atomic E-state index is -0.617. The van der Waals surface area contributed by atoms with E-state index in [0.29, 0.717) is 11.0 Å². The molecule has 1 fully saturated rings. The van der Waals surface area contributed by atoms with Crippen LogP contribution in [-0.4, -0.2) is 16.9 Å². The molecule has 1 aliphatic carbocycles. The van der Waals surface area contributed by atoms with E-state index in [-0.39, 0.29) is 5.91 Å². The average molecular weight is 256 g/mol. The first kappa shape index (κ1) is 14.4. The van der Waals surface area contributed by atoms with Gasteiger partial charge in [-0.1, -0.05) is 38.9 Å². The van der Waals surface area contributed by atoms with E-state index in [0.717, 1.165) is 38.5 Å². The minimum Gasteiger partial charge on any atom is -0.392 e. The van der Waals surface area contributed by atoms with Crippen LogP contribution in [0.25, 0.3) is 0 Å². The highest BCUT2D eigenvalue weighted by atomic mass is 32.1. The normalized spacial score (nSPS) is 16.4. The number of nitrogens with two attached hydrogens (primary N) is 1. The van der Waals surface area contributed by atoms with Crippen LogP contribution in [0.4, 0.5) is 0 Å². The minimum absolute atomic E-state index is 0.0541. The molecule has 0 spiro atoms. The van der Waals surface area contributed by atoms with E-state index < -0.39 is 5.41 Å². The molecule has 0 heterocycles. The molecule has 3 nitrogen and oxygen atoms in total. The van der Waals surface area contributed by atoms with Gasteiger partial charge in [-0.2, -0.15) is 0 Å². The molecule has 0 aliphatic heterocycles. The fourth-order valence-corrected chi connectivity index (χ4v) is 2.74. The maximum Gasteiger partial charge on any atom is 0.233 e. The Kier molecular flexibility index (Phi) is 5.37. The van der Waals surface area contributed by atoms with Crippen LogP contribution in [0.1, 0.15) is 58.8 Å². The quantitative estimate of drug-likeness (QED) is 0.688. The molecule has 0 saturated heterocycles. The molecule has 17 heavy (non-hydrogen) atoms. The number of hydrogen-bond acceptors (Lipinski definition) is 2. The molecule has 0 bridgehead atoms. The van der Waals surface area contributed by atoms with Gasteiger partial charge in [0.25, 0.3) is 0 Å². The largest absolute Gasteiger partial charge is 0.392 e. The molecule has 1 rings (SSSR count). The van der Waals surface area contributed by atoms with Gasteiger partial charge in [0.1, 0.15) is 0 Å². The van der Waals surface area contributed by atoms with E-state index in [4.69, 9.17) is 18.0 Å². The zero-order valence-electron chi connectivity index (χ0n) is 10.9. The van der Waals surface area contributed by atoms with Crippen LogP contribution in [0, 0.1) is 5.41 Å².